The van der Waals surface area contributed by atoms with E-state index in [9.17, 15) is 0 Å². The SMILES string of the molecule is CO[P+](Cl)(C(C)C)C(C)C. The van der Waals surface area contributed by atoms with Crippen molar-refractivity contribution in [1.29, 1.82) is 0 Å². The normalized spacial score (nSPS) is 13.2. The molecular formula is C7H17ClOP+. The van der Waals surface area contributed by atoms with Crippen molar-refractivity contribution in [2.75, 3.05) is 7.11 Å². The van der Waals surface area contributed by atoms with Gasteiger partial charge in [0.2, 0.25) is 6.84 Å². The Hall–Kier alpha value is 0.680. The van der Waals surface area contributed by atoms with Gasteiger partial charge in [-0.3, -0.25) is 0 Å². The molecule has 10 heavy (non-hydrogen) atoms. The molecule has 0 aliphatic carbocycles. The molecule has 0 aromatic heterocycles. The van der Waals surface area contributed by atoms with Crippen LogP contribution in [0.1, 0.15) is 27.7 Å². The van der Waals surface area contributed by atoms with E-state index in [-0.39, 0.29) is 0 Å². The first kappa shape index (κ1) is 10.7. The Bertz CT molecular complexity index is 95.8. The van der Waals surface area contributed by atoms with Crippen LogP contribution in [-0.2, 0) is 4.52 Å². The van der Waals surface area contributed by atoms with Crippen molar-refractivity contribution in [1.82, 2.24) is 0 Å². The summed E-state index contributed by atoms with van der Waals surface area (Å²) in [6, 6.07) is 0. The van der Waals surface area contributed by atoms with Crippen LogP contribution in [0.25, 0.3) is 0 Å². The molecule has 0 amide bonds. The monoisotopic (exact) mass is 183 g/mol. The molecule has 0 aromatic carbocycles. The number of halogens is 1. The maximum Gasteiger partial charge on any atom is 0.247 e. The van der Waals surface area contributed by atoms with Gasteiger partial charge in [-0.15, -0.1) is 0 Å². The summed E-state index contributed by atoms with van der Waals surface area (Å²) < 4.78 is 5.34. The first-order chi connectivity index (χ1) is 4.45. The molecule has 62 valence electrons. The Morgan fingerprint density at radius 1 is 1.10 bits per heavy atom. The Morgan fingerprint density at radius 3 is 1.40 bits per heavy atom. The molecule has 0 saturated heterocycles. The summed E-state index contributed by atoms with van der Waals surface area (Å²) >= 11 is 6.28. The molecule has 0 aliphatic rings. The Morgan fingerprint density at radius 2 is 1.40 bits per heavy atom. The predicted octanol–water partition coefficient (Wildman–Crippen LogP) is 3.54. The average molecular weight is 184 g/mol. The molecule has 0 saturated carbocycles. The summed E-state index contributed by atoms with van der Waals surface area (Å²) in [6.45, 7) is 6.84. The molecule has 0 N–H and O–H groups in total. The van der Waals surface area contributed by atoms with Gasteiger partial charge < -0.3 is 0 Å². The molecule has 3 heteroatoms. The molecule has 0 unspecified atom stereocenters. The molecule has 0 bridgehead atoms. The van der Waals surface area contributed by atoms with E-state index in [1.165, 1.54) is 0 Å². The van der Waals surface area contributed by atoms with E-state index in [0.29, 0.717) is 11.3 Å². The summed E-state index contributed by atoms with van der Waals surface area (Å²) in [6.07, 6.45) is 0. The maximum atomic E-state index is 6.28. The van der Waals surface area contributed by atoms with Crippen molar-refractivity contribution in [3.05, 3.63) is 0 Å². The molecule has 0 aromatic rings. The van der Waals surface area contributed by atoms with Crippen LogP contribution in [0.3, 0.4) is 0 Å². The van der Waals surface area contributed by atoms with E-state index in [2.05, 4.69) is 27.7 Å². The Balaban J connectivity index is 4.23. The van der Waals surface area contributed by atoms with Crippen molar-refractivity contribution < 1.29 is 4.52 Å². The van der Waals surface area contributed by atoms with Crippen LogP contribution in [0.5, 0.6) is 0 Å². The lowest BCUT2D eigenvalue weighted by Gasteiger charge is -2.22. The number of hydrogen-bond donors (Lipinski definition) is 0. The van der Waals surface area contributed by atoms with Crippen molar-refractivity contribution in [2.24, 2.45) is 0 Å². The van der Waals surface area contributed by atoms with Gasteiger partial charge in [0.15, 0.2) is 0 Å². The highest BCUT2D eigenvalue weighted by Crippen LogP contribution is 2.71. The molecule has 0 spiro atoms. The third-order valence-corrected chi connectivity index (χ3v) is 7.82. The van der Waals surface area contributed by atoms with Crippen LogP contribution < -0.4 is 0 Å². The topological polar surface area (TPSA) is 9.23 Å². The van der Waals surface area contributed by atoms with Crippen LogP contribution in [0.4, 0.5) is 0 Å². The van der Waals surface area contributed by atoms with Gasteiger partial charge in [0.05, 0.1) is 7.11 Å². The van der Waals surface area contributed by atoms with E-state index < -0.39 is 6.84 Å². The van der Waals surface area contributed by atoms with Gasteiger partial charge in [-0.1, -0.05) is 0 Å². The highest BCUT2D eigenvalue weighted by Gasteiger charge is 2.44. The van der Waals surface area contributed by atoms with Crippen LogP contribution in [-0.4, -0.2) is 18.4 Å². The van der Waals surface area contributed by atoms with Gasteiger partial charge in [-0.2, -0.15) is 0 Å². The molecule has 1 nitrogen and oxygen atoms in total. The van der Waals surface area contributed by atoms with E-state index in [4.69, 9.17) is 15.8 Å². The molecule has 0 fully saturated rings. The Kier molecular flexibility index (Phi) is 4.16. The van der Waals surface area contributed by atoms with Gasteiger partial charge in [0.1, 0.15) is 22.6 Å². The predicted molar refractivity (Wildman–Crippen MR) is 50.1 cm³/mol. The highest BCUT2D eigenvalue weighted by atomic mass is 35.7. The molecule has 0 atom stereocenters. The maximum absolute atomic E-state index is 6.28. The fraction of sp³-hybridized carbons (Fsp3) is 1.00. The van der Waals surface area contributed by atoms with Crippen molar-refractivity contribution in [3.63, 3.8) is 0 Å². The quantitative estimate of drug-likeness (QED) is 0.609. The van der Waals surface area contributed by atoms with Gasteiger partial charge in [-0.25, -0.2) is 4.52 Å². The van der Waals surface area contributed by atoms with Crippen molar-refractivity contribution in [3.8, 4) is 0 Å². The lowest BCUT2D eigenvalue weighted by Crippen LogP contribution is -2.11. The fourth-order valence-corrected chi connectivity index (χ4v) is 3.05. The second-order valence-electron chi connectivity index (χ2n) is 2.99. The molecule has 0 aliphatic heterocycles. The van der Waals surface area contributed by atoms with Gasteiger partial charge in [0.25, 0.3) is 0 Å². The summed E-state index contributed by atoms with van der Waals surface area (Å²) in [5, 5.41) is 0. The third-order valence-electron chi connectivity index (χ3n) is 1.69. The summed E-state index contributed by atoms with van der Waals surface area (Å²) in [5.41, 5.74) is 0.915. The number of rotatable bonds is 3. The van der Waals surface area contributed by atoms with Crippen LogP contribution in [0.15, 0.2) is 0 Å². The zero-order valence-electron chi connectivity index (χ0n) is 7.39. The summed E-state index contributed by atoms with van der Waals surface area (Å²) in [4.78, 5) is 0. The first-order valence-corrected chi connectivity index (χ1v) is 6.34. The van der Waals surface area contributed by atoms with Gasteiger partial charge >= 0.3 is 0 Å². The highest BCUT2D eigenvalue weighted by molar-refractivity contribution is 7.96. The van der Waals surface area contributed by atoms with E-state index in [1.807, 2.05) is 0 Å². The van der Waals surface area contributed by atoms with Crippen LogP contribution in [0, 0.1) is 0 Å². The van der Waals surface area contributed by atoms with Gasteiger partial charge in [0, 0.05) is 0 Å². The van der Waals surface area contributed by atoms with Gasteiger partial charge in [-0.05, 0) is 27.7 Å². The van der Waals surface area contributed by atoms with E-state index in [0.717, 1.165) is 0 Å². The lowest BCUT2D eigenvalue weighted by atomic mass is 10.5. The summed E-state index contributed by atoms with van der Waals surface area (Å²) in [5.74, 6) is 0. The summed E-state index contributed by atoms with van der Waals surface area (Å²) in [7, 11) is 1.71. The smallest absolute Gasteiger partial charge is 0.222 e. The Labute approximate surface area is 69.3 Å². The minimum absolute atomic E-state index is 0.458. The average Bonchev–Trinajstić information content (AvgIpc) is 1.85. The fourth-order valence-electron chi connectivity index (χ4n) is 1.02. The number of hydrogen-bond acceptors (Lipinski definition) is 1. The minimum Gasteiger partial charge on any atom is -0.222 e. The minimum atomic E-state index is -1.62. The second-order valence-corrected chi connectivity index (χ2v) is 8.26. The molecule has 0 heterocycles. The van der Waals surface area contributed by atoms with Crippen molar-refractivity contribution in [2.45, 2.75) is 39.0 Å². The van der Waals surface area contributed by atoms with Crippen molar-refractivity contribution >= 4 is 18.1 Å². The van der Waals surface area contributed by atoms with Crippen LogP contribution >= 0.6 is 18.1 Å². The second kappa shape index (κ2) is 3.90. The van der Waals surface area contributed by atoms with E-state index >= 15 is 0 Å². The first-order valence-electron chi connectivity index (χ1n) is 3.59. The zero-order valence-corrected chi connectivity index (χ0v) is 9.04. The molecule has 0 radical (unpaired) electrons. The largest absolute Gasteiger partial charge is 0.247 e. The zero-order chi connectivity index (χ0) is 8.36. The van der Waals surface area contributed by atoms with E-state index in [1.54, 1.807) is 7.11 Å². The molecule has 0 rings (SSSR count). The standard InChI is InChI=1S/C7H17ClOP/c1-6(2)10(8,9-5)7(3)4/h6-7H,1-5H3/q+1. The molecular weight excluding hydrogens is 167 g/mol. The lowest BCUT2D eigenvalue weighted by molar-refractivity contribution is 0.443. The van der Waals surface area contributed by atoms with Crippen LogP contribution in [0.2, 0.25) is 0 Å². The third kappa shape index (κ3) is 2.08.